The lowest BCUT2D eigenvalue weighted by Gasteiger charge is -2.20. The van der Waals surface area contributed by atoms with Gasteiger partial charge in [-0.25, -0.2) is 17.5 Å². The zero-order valence-electron chi connectivity index (χ0n) is 10.4. The highest BCUT2D eigenvalue weighted by atomic mass is 35.5. The number of rotatable bonds is 4. The SMILES string of the molecule is Nc1cc(Cl)c(F)c(S(=O)(=O)NCC2(O)CCOC2)c1. The Morgan fingerprint density at radius 2 is 2.25 bits per heavy atom. The van der Waals surface area contributed by atoms with Gasteiger partial charge in [0, 0.05) is 25.3 Å². The minimum atomic E-state index is -4.17. The number of halogens is 2. The molecular formula is C11H14ClFN2O4S. The van der Waals surface area contributed by atoms with E-state index in [9.17, 15) is 17.9 Å². The van der Waals surface area contributed by atoms with Crippen molar-refractivity contribution >= 4 is 27.3 Å². The first-order valence-corrected chi connectivity index (χ1v) is 7.64. The summed E-state index contributed by atoms with van der Waals surface area (Å²) in [7, 11) is -4.17. The van der Waals surface area contributed by atoms with E-state index in [1.807, 2.05) is 0 Å². The Hall–Kier alpha value is -0.930. The van der Waals surface area contributed by atoms with Crippen molar-refractivity contribution in [3.05, 3.63) is 23.0 Å². The molecule has 0 bridgehead atoms. The van der Waals surface area contributed by atoms with Gasteiger partial charge in [0.1, 0.15) is 10.5 Å². The third-order valence-corrected chi connectivity index (χ3v) is 4.66. The molecule has 0 spiro atoms. The first-order chi connectivity index (χ1) is 9.23. The van der Waals surface area contributed by atoms with E-state index in [-0.39, 0.29) is 23.9 Å². The third kappa shape index (κ3) is 3.21. The van der Waals surface area contributed by atoms with E-state index in [1.54, 1.807) is 0 Å². The average Bonchev–Trinajstić information content (AvgIpc) is 2.79. The van der Waals surface area contributed by atoms with Crippen LogP contribution in [0.1, 0.15) is 6.42 Å². The lowest BCUT2D eigenvalue weighted by Crippen LogP contribution is -2.43. The zero-order chi connectivity index (χ0) is 15.0. The highest BCUT2D eigenvalue weighted by molar-refractivity contribution is 7.89. The molecule has 0 aromatic heterocycles. The standard InChI is InChI=1S/C11H14ClFN2O4S/c12-8-3-7(14)4-9(10(8)13)20(17,18)15-5-11(16)1-2-19-6-11/h3-4,15-16H,1-2,5-6,14H2. The summed E-state index contributed by atoms with van der Waals surface area (Å²) in [5, 5.41) is 9.60. The summed E-state index contributed by atoms with van der Waals surface area (Å²) in [6, 6.07) is 2.09. The second kappa shape index (κ2) is 5.45. The number of aliphatic hydroxyl groups is 1. The molecule has 1 aromatic rings. The highest BCUT2D eigenvalue weighted by Crippen LogP contribution is 2.26. The molecule has 0 radical (unpaired) electrons. The molecule has 9 heteroatoms. The Morgan fingerprint density at radius 3 is 2.85 bits per heavy atom. The fourth-order valence-corrected chi connectivity index (χ4v) is 3.36. The number of sulfonamides is 1. The fourth-order valence-electron chi connectivity index (χ4n) is 1.82. The van der Waals surface area contributed by atoms with Crippen LogP contribution in [-0.2, 0) is 14.8 Å². The van der Waals surface area contributed by atoms with E-state index >= 15 is 0 Å². The molecule has 2 rings (SSSR count). The summed E-state index contributed by atoms with van der Waals surface area (Å²) in [4.78, 5) is -0.648. The van der Waals surface area contributed by atoms with Crippen LogP contribution in [0.15, 0.2) is 17.0 Å². The molecule has 4 N–H and O–H groups in total. The largest absolute Gasteiger partial charge is 0.399 e. The number of nitrogens with two attached hydrogens (primary N) is 1. The molecule has 1 atom stereocenters. The van der Waals surface area contributed by atoms with Crippen molar-refractivity contribution in [2.75, 3.05) is 25.5 Å². The molecule has 112 valence electrons. The van der Waals surface area contributed by atoms with Gasteiger partial charge in [-0.15, -0.1) is 0 Å². The number of nitrogens with one attached hydrogen (secondary N) is 1. The van der Waals surface area contributed by atoms with Gasteiger partial charge in [0.05, 0.1) is 11.6 Å². The Labute approximate surface area is 120 Å². The number of hydrogen-bond acceptors (Lipinski definition) is 5. The van der Waals surface area contributed by atoms with Crippen LogP contribution < -0.4 is 10.5 Å². The van der Waals surface area contributed by atoms with Crippen LogP contribution in [0.4, 0.5) is 10.1 Å². The van der Waals surface area contributed by atoms with Gasteiger partial charge >= 0.3 is 0 Å². The van der Waals surface area contributed by atoms with E-state index in [4.69, 9.17) is 22.1 Å². The van der Waals surface area contributed by atoms with Gasteiger partial charge in [-0.05, 0) is 12.1 Å². The molecule has 1 fully saturated rings. The van der Waals surface area contributed by atoms with E-state index in [2.05, 4.69) is 4.72 Å². The van der Waals surface area contributed by atoms with Gasteiger partial charge in [0.2, 0.25) is 10.0 Å². The number of anilines is 1. The first kappa shape index (κ1) is 15.5. The monoisotopic (exact) mass is 324 g/mol. The van der Waals surface area contributed by atoms with Gasteiger partial charge in [0.25, 0.3) is 0 Å². The maximum atomic E-state index is 13.8. The second-order valence-corrected chi connectivity index (χ2v) is 6.81. The number of benzene rings is 1. The summed E-state index contributed by atoms with van der Waals surface area (Å²) < 4.78 is 45.0. The average molecular weight is 325 g/mol. The lowest BCUT2D eigenvalue weighted by atomic mass is 10.1. The van der Waals surface area contributed by atoms with Gasteiger partial charge < -0.3 is 15.6 Å². The van der Waals surface area contributed by atoms with Crippen molar-refractivity contribution in [2.24, 2.45) is 0 Å². The van der Waals surface area contributed by atoms with Crippen molar-refractivity contribution in [1.82, 2.24) is 4.72 Å². The van der Waals surface area contributed by atoms with Gasteiger partial charge in [-0.2, -0.15) is 0 Å². The van der Waals surface area contributed by atoms with Crippen LogP contribution in [0.3, 0.4) is 0 Å². The molecule has 6 nitrogen and oxygen atoms in total. The van der Waals surface area contributed by atoms with Gasteiger partial charge in [0.15, 0.2) is 5.82 Å². The van der Waals surface area contributed by atoms with Crippen LogP contribution in [0.5, 0.6) is 0 Å². The van der Waals surface area contributed by atoms with Crippen molar-refractivity contribution in [3.63, 3.8) is 0 Å². The van der Waals surface area contributed by atoms with Gasteiger partial charge in [-0.1, -0.05) is 11.6 Å². The second-order valence-electron chi connectivity index (χ2n) is 4.67. The Kier molecular flexibility index (Phi) is 4.22. The van der Waals surface area contributed by atoms with Crippen LogP contribution in [0, 0.1) is 5.82 Å². The molecule has 1 aliphatic rings. The van der Waals surface area contributed by atoms with Crippen LogP contribution in [-0.4, -0.2) is 38.9 Å². The molecule has 0 amide bonds. The molecule has 1 aromatic carbocycles. The maximum Gasteiger partial charge on any atom is 0.243 e. The molecular weight excluding hydrogens is 311 g/mol. The van der Waals surface area contributed by atoms with Crippen molar-refractivity contribution in [2.45, 2.75) is 16.9 Å². The third-order valence-electron chi connectivity index (χ3n) is 2.98. The zero-order valence-corrected chi connectivity index (χ0v) is 12.0. The molecule has 0 saturated carbocycles. The minimum absolute atomic E-state index is 0.0235. The van der Waals surface area contributed by atoms with Crippen LogP contribution in [0.25, 0.3) is 0 Å². The molecule has 1 saturated heterocycles. The molecule has 1 aliphatic heterocycles. The van der Waals surface area contributed by atoms with Gasteiger partial charge in [-0.3, -0.25) is 0 Å². The molecule has 0 aliphatic carbocycles. The van der Waals surface area contributed by atoms with Crippen molar-refractivity contribution < 1.29 is 22.7 Å². The van der Waals surface area contributed by atoms with Crippen molar-refractivity contribution in [1.29, 1.82) is 0 Å². The van der Waals surface area contributed by atoms with E-state index in [0.29, 0.717) is 13.0 Å². The molecule has 1 heterocycles. The normalized spacial score (nSPS) is 23.1. The number of ether oxygens (including phenoxy) is 1. The minimum Gasteiger partial charge on any atom is -0.399 e. The summed E-state index contributed by atoms with van der Waals surface area (Å²) in [6.07, 6.45) is 0.301. The highest BCUT2D eigenvalue weighted by Gasteiger charge is 2.34. The summed E-state index contributed by atoms with van der Waals surface area (Å²) in [5.74, 6) is -1.08. The van der Waals surface area contributed by atoms with Crippen LogP contribution >= 0.6 is 11.6 Å². The summed E-state index contributed by atoms with van der Waals surface area (Å²) in [5.41, 5.74) is 4.20. The first-order valence-electron chi connectivity index (χ1n) is 5.78. The van der Waals surface area contributed by atoms with Crippen molar-refractivity contribution in [3.8, 4) is 0 Å². The summed E-state index contributed by atoms with van der Waals surface area (Å²) >= 11 is 5.56. The Bertz CT molecular complexity index is 617. The van der Waals surface area contributed by atoms with Crippen LogP contribution in [0.2, 0.25) is 5.02 Å². The quantitative estimate of drug-likeness (QED) is 0.700. The maximum absolute atomic E-state index is 13.8. The smallest absolute Gasteiger partial charge is 0.243 e. The Balaban J connectivity index is 2.22. The van der Waals surface area contributed by atoms with E-state index in [0.717, 1.165) is 12.1 Å². The molecule has 1 unspecified atom stereocenters. The topological polar surface area (TPSA) is 102 Å². The van der Waals surface area contributed by atoms with E-state index in [1.165, 1.54) is 0 Å². The predicted molar refractivity (Wildman–Crippen MR) is 71.4 cm³/mol. The lowest BCUT2D eigenvalue weighted by molar-refractivity contribution is 0.0314. The summed E-state index contributed by atoms with van der Waals surface area (Å²) in [6.45, 7) is 0.0909. The fraction of sp³-hybridized carbons (Fsp3) is 0.455. The predicted octanol–water partition coefficient (Wildman–Crippen LogP) is 0.491. The molecule has 20 heavy (non-hydrogen) atoms. The number of hydrogen-bond donors (Lipinski definition) is 3. The Morgan fingerprint density at radius 1 is 1.55 bits per heavy atom. The van der Waals surface area contributed by atoms with E-state index < -0.39 is 26.3 Å². The number of nitrogen functional groups attached to an aromatic ring is 1.